The summed E-state index contributed by atoms with van der Waals surface area (Å²) in [5, 5.41) is 0. The van der Waals surface area contributed by atoms with Crippen LogP contribution in [0.25, 0.3) is 0 Å². The first-order valence-corrected chi connectivity index (χ1v) is 13.3. The average Bonchev–Trinajstić information content (AvgIpc) is 2.55. The molecule has 0 fully saturated rings. The van der Waals surface area contributed by atoms with Crippen molar-refractivity contribution in [2.24, 2.45) is 5.92 Å². The minimum atomic E-state index is -1.55. The fraction of sp³-hybridized carbons (Fsp3) is 1.00. The molecule has 1 nitrogen and oxygen atoms in total. The first-order valence-electron chi connectivity index (χ1n) is 10.8. The highest BCUT2D eigenvalue weighted by molar-refractivity contribution is 6.73. The summed E-state index contributed by atoms with van der Waals surface area (Å²) >= 11 is 0. The maximum Gasteiger partial charge on any atom is 0.193 e. The van der Waals surface area contributed by atoms with E-state index < -0.39 is 8.32 Å². The molecule has 0 aromatic rings. The minimum Gasteiger partial charge on any atom is -0.414 e. The van der Waals surface area contributed by atoms with Gasteiger partial charge < -0.3 is 4.43 Å². The van der Waals surface area contributed by atoms with Crippen LogP contribution in [0.15, 0.2) is 0 Å². The fourth-order valence-corrected chi connectivity index (χ4v) is 8.84. The van der Waals surface area contributed by atoms with Gasteiger partial charge >= 0.3 is 0 Å². The SMILES string of the molecule is CCCC[Si](CCCC)(CCCC)O[C@H](CCC)[C@H](C)CCC. The van der Waals surface area contributed by atoms with Crippen LogP contribution in [0.4, 0.5) is 0 Å². The Morgan fingerprint density at radius 2 is 1.09 bits per heavy atom. The molecule has 0 aromatic heterocycles. The lowest BCUT2D eigenvalue weighted by Crippen LogP contribution is -2.43. The van der Waals surface area contributed by atoms with Crippen molar-refractivity contribution in [2.75, 3.05) is 0 Å². The van der Waals surface area contributed by atoms with E-state index in [2.05, 4.69) is 41.5 Å². The molecule has 0 rings (SSSR count). The Kier molecular flexibility index (Phi) is 14.6. The monoisotopic (exact) mass is 342 g/mol. The largest absolute Gasteiger partial charge is 0.414 e. The number of unbranched alkanes of at least 4 members (excludes halogenated alkanes) is 3. The Bertz CT molecular complexity index is 232. The van der Waals surface area contributed by atoms with Gasteiger partial charge in [0.15, 0.2) is 8.32 Å². The van der Waals surface area contributed by atoms with Crippen LogP contribution in [0.5, 0.6) is 0 Å². The van der Waals surface area contributed by atoms with Crippen LogP contribution in [-0.2, 0) is 4.43 Å². The van der Waals surface area contributed by atoms with Crippen molar-refractivity contribution in [3.63, 3.8) is 0 Å². The van der Waals surface area contributed by atoms with E-state index in [0.717, 1.165) is 5.92 Å². The van der Waals surface area contributed by atoms with Gasteiger partial charge in [-0.15, -0.1) is 0 Å². The highest BCUT2D eigenvalue weighted by Gasteiger charge is 2.36. The third kappa shape index (κ3) is 9.91. The van der Waals surface area contributed by atoms with Gasteiger partial charge in [0.25, 0.3) is 0 Å². The summed E-state index contributed by atoms with van der Waals surface area (Å²) < 4.78 is 7.14. The van der Waals surface area contributed by atoms with Gasteiger partial charge in [0.2, 0.25) is 0 Å². The molecule has 0 unspecified atom stereocenters. The second-order valence-corrected chi connectivity index (χ2v) is 11.8. The molecular formula is C21H46OSi. The summed E-state index contributed by atoms with van der Waals surface area (Å²) in [6.45, 7) is 14.1. The second kappa shape index (κ2) is 14.5. The van der Waals surface area contributed by atoms with Crippen molar-refractivity contribution in [1.82, 2.24) is 0 Å². The maximum atomic E-state index is 7.14. The zero-order valence-corrected chi connectivity index (χ0v) is 18.3. The Labute approximate surface area is 149 Å². The zero-order chi connectivity index (χ0) is 17.6. The smallest absolute Gasteiger partial charge is 0.193 e. The summed E-state index contributed by atoms with van der Waals surface area (Å²) in [5.74, 6) is 0.733. The molecule has 0 aliphatic carbocycles. The van der Waals surface area contributed by atoms with E-state index in [9.17, 15) is 0 Å². The molecule has 23 heavy (non-hydrogen) atoms. The molecule has 140 valence electrons. The molecule has 0 saturated carbocycles. The highest BCUT2D eigenvalue weighted by Crippen LogP contribution is 2.34. The fourth-order valence-electron chi connectivity index (χ4n) is 3.76. The highest BCUT2D eigenvalue weighted by atomic mass is 28.4. The van der Waals surface area contributed by atoms with Crippen molar-refractivity contribution in [1.29, 1.82) is 0 Å². The molecule has 0 aliphatic heterocycles. The van der Waals surface area contributed by atoms with E-state index in [4.69, 9.17) is 4.43 Å². The van der Waals surface area contributed by atoms with Crippen LogP contribution in [-0.4, -0.2) is 14.4 Å². The van der Waals surface area contributed by atoms with Gasteiger partial charge in [-0.25, -0.2) is 0 Å². The molecule has 2 heteroatoms. The van der Waals surface area contributed by atoms with E-state index in [1.807, 2.05) is 0 Å². The topological polar surface area (TPSA) is 9.23 Å². The van der Waals surface area contributed by atoms with E-state index in [1.54, 1.807) is 0 Å². The quantitative estimate of drug-likeness (QED) is 0.258. The van der Waals surface area contributed by atoms with Crippen molar-refractivity contribution < 1.29 is 4.43 Å². The third-order valence-corrected chi connectivity index (χ3v) is 9.91. The lowest BCUT2D eigenvalue weighted by Gasteiger charge is -2.38. The first-order chi connectivity index (χ1) is 11.1. The molecular weight excluding hydrogens is 296 g/mol. The molecule has 0 amide bonds. The number of hydrogen-bond acceptors (Lipinski definition) is 1. The summed E-state index contributed by atoms with van der Waals surface area (Å²) in [7, 11) is -1.55. The lowest BCUT2D eigenvalue weighted by molar-refractivity contribution is 0.112. The summed E-state index contributed by atoms with van der Waals surface area (Å²) in [6, 6.07) is 4.22. The van der Waals surface area contributed by atoms with Crippen molar-refractivity contribution in [3.05, 3.63) is 0 Å². The third-order valence-electron chi connectivity index (χ3n) is 5.31. The van der Waals surface area contributed by atoms with E-state index >= 15 is 0 Å². The van der Waals surface area contributed by atoms with Gasteiger partial charge in [-0.05, 0) is 36.9 Å². The van der Waals surface area contributed by atoms with Gasteiger partial charge in [-0.1, -0.05) is 92.9 Å². The van der Waals surface area contributed by atoms with E-state index in [0.29, 0.717) is 6.10 Å². The van der Waals surface area contributed by atoms with E-state index in [-0.39, 0.29) is 0 Å². The summed E-state index contributed by atoms with van der Waals surface area (Å²) in [6.07, 6.45) is 13.7. The van der Waals surface area contributed by atoms with Crippen LogP contribution >= 0.6 is 0 Å². The van der Waals surface area contributed by atoms with Crippen molar-refractivity contribution in [3.8, 4) is 0 Å². The van der Waals surface area contributed by atoms with Crippen LogP contribution < -0.4 is 0 Å². The van der Waals surface area contributed by atoms with Crippen molar-refractivity contribution >= 4 is 8.32 Å². The molecule has 0 heterocycles. The van der Waals surface area contributed by atoms with E-state index in [1.165, 1.54) is 82.3 Å². The van der Waals surface area contributed by atoms with Crippen LogP contribution in [0.2, 0.25) is 18.1 Å². The Hall–Kier alpha value is 0.177. The normalized spacial score (nSPS) is 14.9. The van der Waals surface area contributed by atoms with Gasteiger partial charge in [-0.2, -0.15) is 0 Å². The molecule has 0 spiro atoms. The van der Waals surface area contributed by atoms with Crippen LogP contribution in [0.1, 0.15) is 106 Å². The van der Waals surface area contributed by atoms with Gasteiger partial charge in [0.1, 0.15) is 0 Å². The molecule has 0 aromatic carbocycles. The number of hydrogen-bond donors (Lipinski definition) is 0. The Balaban J connectivity index is 5.12. The molecule has 2 atom stereocenters. The average molecular weight is 343 g/mol. The Morgan fingerprint density at radius 1 is 0.652 bits per heavy atom. The summed E-state index contributed by atoms with van der Waals surface area (Å²) in [5.41, 5.74) is 0. The predicted molar refractivity (Wildman–Crippen MR) is 109 cm³/mol. The molecule has 0 radical (unpaired) electrons. The maximum absolute atomic E-state index is 7.14. The van der Waals surface area contributed by atoms with Crippen LogP contribution in [0, 0.1) is 5.92 Å². The first kappa shape index (κ1) is 23.2. The summed E-state index contributed by atoms with van der Waals surface area (Å²) in [4.78, 5) is 0. The standard InChI is InChI=1S/C21H46OSi/c1-7-12-17-23(18-13-8-2,19-14-9-3)22-21(16-11-5)20(6)15-10-4/h20-21H,7-19H2,1-6H3/t20-,21-/m1/s1. The molecule has 0 N–H and O–H groups in total. The van der Waals surface area contributed by atoms with Gasteiger partial charge in [0.05, 0.1) is 0 Å². The molecule has 0 aliphatic rings. The molecule has 0 bridgehead atoms. The Morgan fingerprint density at radius 3 is 1.43 bits per heavy atom. The van der Waals surface area contributed by atoms with Crippen LogP contribution in [0.3, 0.4) is 0 Å². The zero-order valence-electron chi connectivity index (χ0n) is 17.3. The predicted octanol–water partition coefficient (Wildman–Crippen LogP) is 7.95. The lowest BCUT2D eigenvalue weighted by atomic mass is 9.96. The van der Waals surface area contributed by atoms with Gasteiger partial charge in [-0.3, -0.25) is 0 Å². The molecule has 0 saturated heterocycles. The second-order valence-electron chi connectivity index (χ2n) is 7.70. The van der Waals surface area contributed by atoms with Gasteiger partial charge in [0, 0.05) is 6.10 Å². The number of rotatable bonds is 16. The van der Waals surface area contributed by atoms with Crippen molar-refractivity contribution in [2.45, 2.75) is 130 Å². The minimum absolute atomic E-state index is 0.525.